The molecule has 3 amide bonds. The van der Waals surface area contributed by atoms with E-state index >= 15 is 0 Å². The smallest absolute Gasteiger partial charge is 0.410 e. The van der Waals surface area contributed by atoms with Gasteiger partial charge in [-0.25, -0.2) is 9.78 Å². The molecule has 0 aliphatic carbocycles. The minimum atomic E-state index is -0.581. The molecule has 44 heavy (non-hydrogen) atoms. The zero-order chi connectivity index (χ0) is 31.4. The summed E-state index contributed by atoms with van der Waals surface area (Å²) in [4.78, 5) is 47.5. The van der Waals surface area contributed by atoms with Crippen LogP contribution >= 0.6 is 11.3 Å². The maximum atomic E-state index is 13.4. The zero-order valence-electron chi connectivity index (χ0n) is 25.7. The third-order valence-corrected chi connectivity index (χ3v) is 7.96. The molecule has 0 unspecified atom stereocenters. The van der Waals surface area contributed by atoms with Crippen molar-refractivity contribution < 1.29 is 33.3 Å². The number of carbonyl (C=O) groups excluding carboxylic acids is 3. The molecule has 3 heterocycles. The predicted molar refractivity (Wildman–Crippen MR) is 166 cm³/mol. The number of benzene rings is 2. The number of anilines is 1. The van der Waals surface area contributed by atoms with Gasteiger partial charge in [-0.15, -0.1) is 0 Å². The number of thiazole rings is 1. The molecule has 1 saturated heterocycles. The van der Waals surface area contributed by atoms with Crippen LogP contribution in [0.5, 0.6) is 17.2 Å². The van der Waals surface area contributed by atoms with E-state index < -0.39 is 5.60 Å². The van der Waals surface area contributed by atoms with Crippen molar-refractivity contribution in [3.05, 3.63) is 64.2 Å². The molecule has 3 aromatic rings. The summed E-state index contributed by atoms with van der Waals surface area (Å²) < 4.78 is 22.8. The molecule has 1 aromatic heterocycles. The Hall–Kier alpha value is -4.16. The number of fused-ring (bicyclic) bond motifs is 1. The normalized spacial score (nSPS) is 15.1. The van der Waals surface area contributed by atoms with Gasteiger partial charge in [0.05, 0.1) is 18.8 Å². The highest BCUT2D eigenvalue weighted by molar-refractivity contribution is 7.15. The van der Waals surface area contributed by atoms with Crippen molar-refractivity contribution in [1.82, 2.24) is 14.8 Å². The zero-order valence-corrected chi connectivity index (χ0v) is 26.5. The van der Waals surface area contributed by atoms with Crippen LogP contribution in [-0.2, 0) is 22.4 Å². The average molecular weight is 623 g/mol. The molecule has 0 radical (unpaired) electrons. The molecule has 0 bridgehead atoms. The summed E-state index contributed by atoms with van der Waals surface area (Å²) in [5.74, 6) is 0.968. The average Bonchev–Trinajstić information content (AvgIpc) is 3.33. The summed E-state index contributed by atoms with van der Waals surface area (Å²) in [5.41, 5.74) is 1.19. The van der Waals surface area contributed by atoms with Gasteiger partial charge in [-0.1, -0.05) is 11.3 Å². The maximum absolute atomic E-state index is 13.4. The Morgan fingerprint density at radius 3 is 2.36 bits per heavy atom. The number of carbonyl (C=O) groups is 3. The summed E-state index contributed by atoms with van der Waals surface area (Å²) >= 11 is 1.33. The monoisotopic (exact) mass is 622 g/mol. The van der Waals surface area contributed by atoms with Crippen molar-refractivity contribution in [3.8, 4) is 17.2 Å². The van der Waals surface area contributed by atoms with Gasteiger partial charge in [0.25, 0.3) is 11.8 Å². The van der Waals surface area contributed by atoms with Gasteiger partial charge in [0, 0.05) is 55.2 Å². The van der Waals surface area contributed by atoms with E-state index in [1.807, 2.05) is 27.7 Å². The third-order valence-electron chi connectivity index (χ3n) is 6.96. The molecule has 0 saturated carbocycles. The summed E-state index contributed by atoms with van der Waals surface area (Å²) in [6, 6.07) is 11.9. The number of methoxy groups -OCH3 is 1. The van der Waals surface area contributed by atoms with Crippen molar-refractivity contribution >= 4 is 34.4 Å². The number of nitrogens with one attached hydrogen (secondary N) is 1. The van der Waals surface area contributed by atoms with E-state index in [4.69, 9.17) is 18.9 Å². The molecular weight excluding hydrogens is 584 g/mol. The number of rotatable bonds is 9. The molecule has 0 spiro atoms. The Labute approximate surface area is 261 Å². The minimum Gasteiger partial charge on any atom is -0.488 e. The highest BCUT2D eigenvalue weighted by Crippen LogP contribution is 2.32. The van der Waals surface area contributed by atoms with Crippen LogP contribution in [-0.4, -0.2) is 77.7 Å². The summed E-state index contributed by atoms with van der Waals surface area (Å²) in [6.45, 7) is 10.2. The minimum absolute atomic E-state index is 0.00528. The molecule has 234 valence electrons. The quantitative estimate of drug-likeness (QED) is 0.321. The van der Waals surface area contributed by atoms with Gasteiger partial charge >= 0.3 is 6.09 Å². The topological polar surface area (TPSA) is 120 Å². The molecule has 1 N–H and O–H groups in total. The Bertz CT molecular complexity index is 1510. The van der Waals surface area contributed by atoms with Crippen LogP contribution in [0.3, 0.4) is 0 Å². The fourth-order valence-corrected chi connectivity index (χ4v) is 5.75. The first-order chi connectivity index (χ1) is 21.0. The molecule has 2 aromatic carbocycles. The highest BCUT2D eigenvalue weighted by atomic mass is 32.1. The van der Waals surface area contributed by atoms with E-state index in [0.29, 0.717) is 59.6 Å². The van der Waals surface area contributed by atoms with Crippen molar-refractivity contribution in [2.45, 2.75) is 58.8 Å². The standard InChI is InChI=1S/C32H38N4O7S/c1-20(19-40-5)41-24-15-22(16-25(17-24)42-23-9-7-21(8-10-23)29(38)35-12-6-13-35)28(37)34-30-33-26-11-14-36(18-27(26)44-30)31(39)43-32(2,3)4/h7-10,15-17,20H,6,11-14,18-19H2,1-5H3,(H,33,34,37)/t20-/m1/s1. The molecule has 5 rings (SSSR count). The lowest BCUT2D eigenvalue weighted by Crippen LogP contribution is -2.41. The Morgan fingerprint density at radius 2 is 1.70 bits per heavy atom. The second-order valence-corrected chi connectivity index (χ2v) is 12.9. The second-order valence-electron chi connectivity index (χ2n) is 11.8. The van der Waals surface area contributed by atoms with E-state index in [-0.39, 0.29) is 24.0 Å². The lowest BCUT2D eigenvalue weighted by molar-refractivity contribution is 0.0225. The van der Waals surface area contributed by atoms with Crippen LogP contribution in [0.2, 0.25) is 0 Å². The second kappa shape index (κ2) is 13.2. The summed E-state index contributed by atoms with van der Waals surface area (Å²) in [7, 11) is 1.59. The first kappa shape index (κ1) is 31.3. The number of nitrogens with zero attached hydrogens (tertiary/aromatic N) is 3. The van der Waals surface area contributed by atoms with Gasteiger partial charge in [-0.05, 0) is 70.5 Å². The van der Waals surface area contributed by atoms with E-state index in [1.54, 1.807) is 59.4 Å². The van der Waals surface area contributed by atoms with E-state index in [9.17, 15) is 14.4 Å². The van der Waals surface area contributed by atoms with Gasteiger partial charge < -0.3 is 28.7 Å². The summed E-state index contributed by atoms with van der Waals surface area (Å²) in [5, 5.41) is 3.33. The Kier molecular flexibility index (Phi) is 9.40. The number of amides is 3. The number of hydrogen-bond acceptors (Lipinski definition) is 9. The number of aromatic nitrogens is 1. The van der Waals surface area contributed by atoms with Gasteiger partial charge in [0.1, 0.15) is 29.0 Å². The van der Waals surface area contributed by atoms with Gasteiger partial charge in [0.2, 0.25) is 0 Å². The lowest BCUT2D eigenvalue weighted by Gasteiger charge is -2.30. The van der Waals surface area contributed by atoms with Gasteiger partial charge in [-0.3, -0.25) is 14.9 Å². The first-order valence-corrected chi connectivity index (χ1v) is 15.4. The third kappa shape index (κ3) is 7.86. The van der Waals surface area contributed by atoms with Crippen LogP contribution in [0.1, 0.15) is 65.4 Å². The molecule has 2 aliphatic rings. The van der Waals surface area contributed by atoms with E-state index in [1.165, 1.54) is 11.3 Å². The van der Waals surface area contributed by atoms with E-state index in [0.717, 1.165) is 30.1 Å². The van der Waals surface area contributed by atoms with Gasteiger partial charge in [-0.2, -0.15) is 0 Å². The molecule has 2 aliphatic heterocycles. The van der Waals surface area contributed by atoms with Crippen molar-refractivity contribution in [1.29, 1.82) is 0 Å². The molecule has 11 nitrogen and oxygen atoms in total. The summed E-state index contributed by atoms with van der Waals surface area (Å²) in [6.07, 6.45) is 0.965. The van der Waals surface area contributed by atoms with Crippen molar-refractivity contribution in [2.75, 3.05) is 38.7 Å². The maximum Gasteiger partial charge on any atom is 0.410 e. The SMILES string of the molecule is COC[C@@H](C)Oc1cc(Oc2ccc(C(=O)N3CCC3)cc2)cc(C(=O)Nc2nc3c(s2)CN(C(=O)OC(C)(C)C)CC3)c1. The first-order valence-electron chi connectivity index (χ1n) is 14.6. The molecular formula is C32H38N4O7S. The Morgan fingerprint density at radius 1 is 0.977 bits per heavy atom. The van der Waals surface area contributed by atoms with Crippen LogP contribution in [0, 0.1) is 0 Å². The fourth-order valence-electron chi connectivity index (χ4n) is 4.73. The molecule has 1 fully saturated rings. The van der Waals surface area contributed by atoms with Crippen LogP contribution in [0.15, 0.2) is 42.5 Å². The molecule has 1 atom stereocenters. The van der Waals surface area contributed by atoms with E-state index in [2.05, 4.69) is 10.3 Å². The number of hydrogen-bond donors (Lipinski definition) is 1. The lowest BCUT2D eigenvalue weighted by atomic mass is 10.1. The number of likely N-dealkylation sites (tertiary alicyclic amines) is 1. The van der Waals surface area contributed by atoms with Crippen LogP contribution in [0.4, 0.5) is 9.93 Å². The van der Waals surface area contributed by atoms with Gasteiger partial charge in [0.15, 0.2) is 5.13 Å². The van der Waals surface area contributed by atoms with Crippen LogP contribution < -0.4 is 14.8 Å². The molecule has 12 heteroatoms. The predicted octanol–water partition coefficient (Wildman–Crippen LogP) is 5.74. The largest absolute Gasteiger partial charge is 0.488 e. The van der Waals surface area contributed by atoms with Crippen LogP contribution in [0.25, 0.3) is 0 Å². The number of ether oxygens (including phenoxy) is 4. The van der Waals surface area contributed by atoms with Crippen molar-refractivity contribution in [2.24, 2.45) is 0 Å². The Balaban J connectivity index is 1.31. The fraction of sp³-hybridized carbons (Fsp3) is 0.438. The highest BCUT2D eigenvalue weighted by Gasteiger charge is 2.28. The van der Waals surface area contributed by atoms with Crippen molar-refractivity contribution in [3.63, 3.8) is 0 Å².